The molecule has 1 aromatic rings. The number of rotatable bonds is 5. The van der Waals surface area contributed by atoms with E-state index >= 15 is 0 Å². The Morgan fingerprint density at radius 2 is 2.04 bits per heavy atom. The highest BCUT2D eigenvalue weighted by molar-refractivity contribution is 7.91. The molecule has 1 saturated heterocycles. The summed E-state index contributed by atoms with van der Waals surface area (Å²) in [6, 6.07) is 5.50. The summed E-state index contributed by atoms with van der Waals surface area (Å²) < 4.78 is 28.0. The predicted molar refractivity (Wildman–Crippen MR) is 82.8 cm³/mol. The molecule has 1 aliphatic rings. The van der Waals surface area contributed by atoms with Crippen LogP contribution in [0.1, 0.15) is 23.7 Å². The van der Waals surface area contributed by atoms with Crippen molar-refractivity contribution >= 4 is 21.7 Å². The average Bonchev–Trinajstić information content (AvgIpc) is 2.86. The second-order valence-corrected chi connectivity index (χ2v) is 7.56. The smallest absolute Gasteiger partial charge is 0.342 e. The van der Waals surface area contributed by atoms with Crippen molar-refractivity contribution in [2.75, 3.05) is 24.7 Å². The third-order valence-corrected chi connectivity index (χ3v) is 5.51. The maximum Gasteiger partial charge on any atom is 0.342 e. The van der Waals surface area contributed by atoms with Gasteiger partial charge in [-0.25, -0.2) is 13.2 Å². The third kappa shape index (κ3) is 4.22. The molecule has 1 atom stereocenters. The molecule has 1 aliphatic heterocycles. The molecule has 0 unspecified atom stereocenters. The number of nitrogens with zero attached hydrogens (tertiary/aromatic N) is 1. The third-order valence-electron chi connectivity index (χ3n) is 3.76. The maximum absolute atomic E-state index is 12.2. The van der Waals surface area contributed by atoms with Gasteiger partial charge < -0.3 is 14.7 Å². The van der Waals surface area contributed by atoms with Gasteiger partial charge in [-0.3, -0.25) is 4.79 Å². The maximum atomic E-state index is 12.2. The van der Waals surface area contributed by atoms with Gasteiger partial charge >= 0.3 is 5.97 Å². The second kappa shape index (κ2) is 6.99. The topological polar surface area (TPSA) is 101 Å². The van der Waals surface area contributed by atoms with Gasteiger partial charge in [-0.1, -0.05) is 12.1 Å². The monoisotopic (exact) mass is 341 g/mol. The van der Waals surface area contributed by atoms with Crippen LogP contribution in [0, 0.1) is 0 Å². The SMILES string of the molecule is CCN(C(=O)COC(=O)c1ccccc1O)[C@H]1CCS(=O)(=O)C1. The standard InChI is InChI=1S/C15H19NO6S/c1-2-16(11-7-8-23(20,21)10-11)14(18)9-22-15(19)12-5-3-4-6-13(12)17/h3-6,11,17H,2,7-10H2,1H3/t11-/m0/s1. The highest BCUT2D eigenvalue weighted by Gasteiger charge is 2.34. The van der Waals surface area contributed by atoms with Crippen molar-refractivity contribution < 1.29 is 27.9 Å². The highest BCUT2D eigenvalue weighted by atomic mass is 32.2. The lowest BCUT2D eigenvalue weighted by atomic mass is 10.2. The number of hydrogen-bond donors (Lipinski definition) is 1. The molecule has 0 saturated carbocycles. The number of phenols is 1. The molecule has 0 bridgehead atoms. The number of aromatic hydroxyl groups is 1. The quantitative estimate of drug-likeness (QED) is 0.787. The van der Waals surface area contributed by atoms with Crippen LogP contribution in [-0.4, -0.2) is 61.0 Å². The summed E-state index contributed by atoms with van der Waals surface area (Å²) in [5.74, 6) is -1.46. The van der Waals surface area contributed by atoms with Crippen molar-refractivity contribution in [3.63, 3.8) is 0 Å². The number of carbonyl (C=O) groups excluding carboxylic acids is 2. The minimum absolute atomic E-state index is 0.0215. The van der Waals surface area contributed by atoms with Crippen LogP contribution in [0.15, 0.2) is 24.3 Å². The number of benzene rings is 1. The van der Waals surface area contributed by atoms with Gasteiger partial charge in [0.05, 0.1) is 11.5 Å². The van der Waals surface area contributed by atoms with Crippen molar-refractivity contribution in [1.82, 2.24) is 4.90 Å². The summed E-state index contributed by atoms with van der Waals surface area (Å²) in [4.78, 5) is 25.5. The summed E-state index contributed by atoms with van der Waals surface area (Å²) in [5, 5.41) is 9.57. The fourth-order valence-electron chi connectivity index (χ4n) is 2.59. The minimum atomic E-state index is -3.10. The zero-order chi connectivity index (χ0) is 17.0. The lowest BCUT2D eigenvalue weighted by molar-refractivity contribution is -0.136. The van der Waals surface area contributed by atoms with Gasteiger partial charge in [0, 0.05) is 12.6 Å². The molecule has 7 nitrogen and oxygen atoms in total. The van der Waals surface area contributed by atoms with Crippen LogP contribution < -0.4 is 0 Å². The molecule has 2 rings (SSSR count). The van der Waals surface area contributed by atoms with E-state index in [2.05, 4.69) is 0 Å². The fourth-order valence-corrected chi connectivity index (χ4v) is 4.32. The van der Waals surface area contributed by atoms with Crippen LogP contribution in [0.2, 0.25) is 0 Å². The van der Waals surface area contributed by atoms with Gasteiger partial charge in [-0.15, -0.1) is 0 Å². The molecule has 1 aromatic carbocycles. The largest absolute Gasteiger partial charge is 0.507 e. The van der Waals surface area contributed by atoms with Gasteiger partial charge in [-0.2, -0.15) is 0 Å². The molecule has 0 radical (unpaired) electrons. The number of esters is 1. The first-order valence-electron chi connectivity index (χ1n) is 7.29. The Hall–Kier alpha value is -2.09. The van der Waals surface area contributed by atoms with Crippen molar-refractivity contribution in [2.45, 2.75) is 19.4 Å². The first kappa shape index (κ1) is 17.3. The zero-order valence-electron chi connectivity index (χ0n) is 12.8. The Morgan fingerprint density at radius 1 is 1.35 bits per heavy atom. The Balaban J connectivity index is 1.95. The summed E-state index contributed by atoms with van der Waals surface area (Å²) >= 11 is 0. The van der Waals surface area contributed by atoms with Gasteiger partial charge in [0.15, 0.2) is 16.4 Å². The summed E-state index contributed by atoms with van der Waals surface area (Å²) in [6.45, 7) is 1.60. The Morgan fingerprint density at radius 3 is 2.61 bits per heavy atom. The van der Waals surface area contributed by atoms with E-state index in [9.17, 15) is 23.1 Å². The molecule has 1 N–H and O–H groups in total. The van der Waals surface area contributed by atoms with Crippen LogP contribution in [0.3, 0.4) is 0 Å². The first-order valence-corrected chi connectivity index (χ1v) is 9.11. The van der Waals surface area contributed by atoms with Crippen molar-refractivity contribution in [3.05, 3.63) is 29.8 Å². The van der Waals surface area contributed by atoms with Gasteiger partial charge in [0.2, 0.25) is 0 Å². The molecular formula is C15H19NO6S. The summed E-state index contributed by atoms with van der Waals surface area (Å²) in [6.07, 6.45) is 0.398. The number of para-hydroxylation sites is 1. The Labute approximate surface area is 134 Å². The lowest BCUT2D eigenvalue weighted by Gasteiger charge is -2.26. The molecule has 0 spiro atoms. The Bertz CT molecular complexity index is 700. The molecule has 0 aliphatic carbocycles. The average molecular weight is 341 g/mol. The fraction of sp³-hybridized carbons (Fsp3) is 0.467. The minimum Gasteiger partial charge on any atom is -0.507 e. The number of amides is 1. The number of hydrogen-bond acceptors (Lipinski definition) is 6. The van der Waals surface area contributed by atoms with E-state index in [0.717, 1.165) is 0 Å². The van der Waals surface area contributed by atoms with Gasteiger partial charge in [0.25, 0.3) is 5.91 Å². The van der Waals surface area contributed by atoms with Crippen molar-refractivity contribution in [2.24, 2.45) is 0 Å². The predicted octanol–water partition coefficient (Wildman–Crippen LogP) is 0.585. The van der Waals surface area contributed by atoms with Crippen LogP contribution >= 0.6 is 0 Å². The molecule has 1 amide bonds. The number of ether oxygens (including phenoxy) is 1. The molecule has 1 fully saturated rings. The summed E-state index contributed by atoms with van der Waals surface area (Å²) in [5.41, 5.74) is -0.0215. The van der Waals surface area contributed by atoms with E-state index in [0.29, 0.717) is 13.0 Å². The second-order valence-electron chi connectivity index (χ2n) is 5.33. The Kier molecular flexibility index (Phi) is 5.25. The van der Waals surface area contributed by atoms with E-state index in [-0.39, 0.29) is 28.9 Å². The zero-order valence-corrected chi connectivity index (χ0v) is 13.6. The van der Waals surface area contributed by atoms with Crippen LogP contribution in [-0.2, 0) is 19.4 Å². The van der Waals surface area contributed by atoms with Crippen LogP contribution in [0.25, 0.3) is 0 Å². The summed E-state index contributed by atoms with van der Waals surface area (Å²) in [7, 11) is -3.10. The number of sulfone groups is 1. The number of phenolic OH excluding ortho intramolecular Hbond substituents is 1. The number of likely N-dealkylation sites (N-methyl/N-ethyl adjacent to an activating group) is 1. The molecule has 126 valence electrons. The van der Waals surface area contributed by atoms with Crippen LogP contribution in [0.5, 0.6) is 5.75 Å². The highest BCUT2D eigenvalue weighted by Crippen LogP contribution is 2.19. The number of carbonyl (C=O) groups is 2. The van der Waals surface area contributed by atoms with Crippen molar-refractivity contribution in [3.8, 4) is 5.75 Å². The molecular weight excluding hydrogens is 322 g/mol. The van der Waals surface area contributed by atoms with Crippen LogP contribution in [0.4, 0.5) is 0 Å². The van der Waals surface area contributed by atoms with Crippen molar-refractivity contribution in [1.29, 1.82) is 0 Å². The van der Waals surface area contributed by atoms with E-state index < -0.39 is 28.3 Å². The molecule has 0 aromatic heterocycles. The van der Waals surface area contributed by atoms with E-state index in [4.69, 9.17) is 4.74 Å². The molecule has 23 heavy (non-hydrogen) atoms. The van der Waals surface area contributed by atoms with E-state index in [1.54, 1.807) is 19.1 Å². The lowest BCUT2D eigenvalue weighted by Crippen LogP contribution is -2.43. The molecule has 8 heteroatoms. The van der Waals surface area contributed by atoms with Gasteiger partial charge in [0.1, 0.15) is 11.3 Å². The van der Waals surface area contributed by atoms with E-state index in [1.165, 1.54) is 17.0 Å². The van der Waals surface area contributed by atoms with E-state index in [1.807, 2.05) is 0 Å². The first-order chi connectivity index (χ1) is 10.8. The molecule has 1 heterocycles. The van der Waals surface area contributed by atoms with Gasteiger partial charge in [-0.05, 0) is 25.5 Å². The normalized spacial score (nSPS) is 19.3.